The van der Waals surface area contributed by atoms with Gasteiger partial charge >= 0.3 is 0 Å². The minimum Gasteiger partial charge on any atom is -0.315 e. The van der Waals surface area contributed by atoms with E-state index in [1.165, 1.54) is 7.11 Å². The summed E-state index contributed by atoms with van der Waals surface area (Å²) in [5.74, 6) is -0.294. The molecule has 2 heterocycles. The highest BCUT2D eigenvalue weighted by atomic mass is 16.6. The Morgan fingerprint density at radius 2 is 2.08 bits per heavy atom. The first-order chi connectivity index (χ1) is 11.5. The number of amides is 3. The van der Waals surface area contributed by atoms with Crippen LogP contribution in [-0.2, 0) is 14.4 Å². The lowest BCUT2D eigenvalue weighted by atomic mass is 9.98. The van der Waals surface area contributed by atoms with Crippen molar-refractivity contribution in [3.05, 3.63) is 29.8 Å². The number of para-hydroxylation sites is 1. The zero-order chi connectivity index (χ0) is 17.3. The molecular weight excluding hydrogens is 310 g/mol. The summed E-state index contributed by atoms with van der Waals surface area (Å²) in [5, 5.41) is 0. The number of carbonyl (C=O) groups excluding carboxylic acids is 3. The first kappa shape index (κ1) is 16.4. The average Bonchev–Trinajstić information content (AvgIpc) is 2.87. The van der Waals surface area contributed by atoms with E-state index in [4.69, 9.17) is 0 Å². The van der Waals surface area contributed by atoms with Crippen molar-refractivity contribution in [2.45, 2.75) is 38.3 Å². The second kappa shape index (κ2) is 6.24. The summed E-state index contributed by atoms with van der Waals surface area (Å²) >= 11 is 0. The van der Waals surface area contributed by atoms with Crippen molar-refractivity contribution in [2.75, 3.05) is 18.6 Å². The number of rotatable bonds is 5. The quantitative estimate of drug-likeness (QED) is 0.828. The Morgan fingerprint density at radius 1 is 1.33 bits per heavy atom. The van der Waals surface area contributed by atoms with Crippen molar-refractivity contribution in [1.82, 2.24) is 10.4 Å². The van der Waals surface area contributed by atoms with Gasteiger partial charge < -0.3 is 4.90 Å². The highest BCUT2D eigenvalue weighted by Crippen LogP contribution is 2.43. The third kappa shape index (κ3) is 2.54. The number of hydrogen-bond acceptors (Lipinski definition) is 4. The normalized spacial score (nSPS) is 22.4. The molecule has 0 spiro atoms. The van der Waals surface area contributed by atoms with Gasteiger partial charge in [0.1, 0.15) is 5.66 Å². The Kier molecular flexibility index (Phi) is 4.28. The maximum Gasteiger partial charge on any atom is 0.257 e. The molecule has 128 valence electrons. The summed E-state index contributed by atoms with van der Waals surface area (Å²) in [5.41, 5.74) is 2.81. The predicted octanol–water partition coefficient (Wildman–Crippen LogP) is 1.44. The molecule has 7 heteroatoms. The van der Waals surface area contributed by atoms with Crippen molar-refractivity contribution in [2.24, 2.45) is 0 Å². The van der Waals surface area contributed by atoms with Crippen LogP contribution in [0.4, 0.5) is 5.69 Å². The van der Waals surface area contributed by atoms with Crippen molar-refractivity contribution in [3.63, 3.8) is 0 Å². The van der Waals surface area contributed by atoms with Crippen LogP contribution in [0, 0.1) is 0 Å². The highest BCUT2D eigenvalue weighted by molar-refractivity contribution is 6.10. The molecule has 3 amide bonds. The number of nitrogens with zero attached hydrogens (tertiary/aromatic N) is 2. The smallest absolute Gasteiger partial charge is 0.257 e. The molecule has 1 aromatic carbocycles. The first-order valence-corrected chi connectivity index (χ1v) is 8.05. The fourth-order valence-electron chi connectivity index (χ4n) is 3.60. The van der Waals surface area contributed by atoms with Crippen LogP contribution in [0.15, 0.2) is 24.3 Å². The first-order valence-electron chi connectivity index (χ1n) is 8.05. The van der Waals surface area contributed by atoms with Gasteiger partial charge in [0.05, 0.1) is 18.4 Å². The molecule has 2 aliphatic rings. The van der Waals surface area contributed by atoms with Crippen LogP contribution >= 0.6 is 0 Å². The van der Waals surface area contributed by atoms with Crippen molar-refractivity contribution < 1.29 is 19.2 Å². The SMILES string of the molecule is CONC(=O)CCCN1C(=O)c2ccccc2N2C(=O)CC[C@@]12C. The van der Waals surface area contributed by atoms with E-state index < -0.39 is 5.66 Å². The molecule has 1 saturated heterocycles. The van der Waals surface area contributed by atoms with E-state index in [-0.39, 0.29) is 24.1 Å². The van der Waals surface area contributed by atoms with Gasteiger partial charge in [0.15, 0.2) is 0 Å². The van der Waals surface area contributed by atoms with Crippen molar-refractivity contribution in [3.8, 4) is 0 Å². The second-order valence-corrected chi connectivity index (χ2v) is 6.25. The molecule has 0 radical (unpaired) electrons. The Bertz CT molecular complexity index is 690. The van der Waals surface area contributed by atoms with E-state index in [0.29, 0.717) is 37.1 Å². The largest absolute Gasteiger partial charge is 0.315 e. The summed E-state index contributed by atoms with van der Waals surface area (Å²) in [6.07, 6.45) is 1.76. The average molecular weight is 331 g/mol. The zero-order valence-electron chi connectivity index (χ0n) is 13.9. The Morgan fingerprint density at radius 3 is 2.83 bits per heavy atom. The standard InChI is InChI=1S/C17H21N3O4/c1-17-10-9-15(22)20(17)13-7-4-3-6-12(13)16(23)19(17)11-5-8-14(21)18-24-2/h3-4,6-7H,5,8-11H2,1-2H3,(H,18,21)/t17-/m0/s1. The summed E-state index contributed by atoms with van der Waals surface area (Å²) in [7, 11) is 1.38. The molecule has 7 nitrogen and oxygen atoms in total. The lowest BCUT2D eigenvalue weighted by Crippen LogP contribution is -2.62. The van der Waals surface area contributed by atoms with Crippen molar-refractivity contribution in [1.29, 1.82) is 0 Å². The third-order valence-corrected chi connectivity index (χ3v) is 4.75. The molecule has 3 rings (SSSR count). The molecule has 0 bridgehead atoms. The van der Waals surface area contributed by atoms with Crippen LogP contribution < -0.4 is 10.4 Å². The topological polar surface area (TPSA) is 79.0 Å². The number of carbonyl (C=O) groups is 3. The Balaban J connectivity index is 1.85. The van der Waals surface area contributed by atoms with Crippen LogP contribution in [0.1, 0.15) is 43.0 Å². The van der Waals surface area contributed by atoms with E-state index in [9.17, 15) is 14.4 Å². The molecule has 1 N–H and O–H groups in total. The number of hydrogen-bond donors (Lipinski definition) is 1. The number of benzene rings is 1. The van der Waals surface area contributed by atoms with E-state index in [2.05, 4.69) is 10.3 Å². The van der Waals surface area contributed by atoms with Crippen LogP contribution in [0.3, 0.4) is 0 Å². The Hall–Kier alpha value is -2.41. The zero-order valence-corrected chi connectivity index (χ0v) is 13.9. The number of anilines is 1. The minimum absolute atomic E-state index is 0.0274. The molecule has 24 heavy (non-hydrogen) atoms. The van der Waals surface area contributed by atoms with Gasteiger partial charge in [0, 0.05) is 19.4 Å². The van der Waals surface area contributed by atoms with Crippen LogP contribution in [0.5, 0.6) is 0 Å². The van der Waals surface area contributed by atoms with Gasteiger partial charge in [-0.1, -0.05) is 12.1 Å². The molecule has 2 aliphatic heterocycles. The van der Waals surface area contributed by atoms with Gasteiger partial charge in [0.25, 0.3) is 5.91 Å². The summed E-state index contributed by atoms with van der Waals surface area (Å²) in [6.45, 7) is 2.32. The Labute approximate surface area is 140 Å². The monoisotopic (exact) mass is 331 g/mol. The molecule has 0 unspecified atom stereocenters. The van der Waals surface area contributed by atoms with E-state index in [1.54, 1.807) is 21.9 Å². The second-order valence-electron chi connectivity index (χ2n) is 6.25. The van der Waals surface area contributed by atoms with Crippen LogP contribution in [-0.4, -0.2) is 41.9 Å². The van der Waals surface area contributed by atoms with E-state index >= 15 is 0 Å². The van der Waals surface area contributed by atoms with Gasteiger partial charge in [0.2, 0.25) is 11.8 Å². The third-order valence-electron chi connectivity index (χ3n) is 4.75. The van der Waals surface area contributed by atoms with E-state index in [1.807, 2.05) is 19.1 Å². The fraction of sp³-hybridized carbons (Fsp3) is 0.471. The molecule has 1 aromatic rings. The number of hydroxylamine groups is 1. The highest BCUT2D eigenvalue weighted by Gasteiger charge is 2.52. The van der Waals surface area contributed by atoms with Gasteiger partial charge in [-0.25, -0.2) is 5.48 Å². The van der Waals surface area contributed by atoms with Gasteiger partial charge in [-0.05, 0) is 31.9 Å². The van der Waals surface area contributed by atoms with Crippen molar-refractivity contribution >= 4 is 23.4 Å². The van der Waals surface area contributed by atoms with E-state index in [0.717, 1.165) is 0 Å². The molecular formula is C17H21N3O4. The van der Waals surface area contributed by atoms with Gasteiger partial charge in [-0.3, -0.25) is 24.1 Å². The minimum atomic E-state index is -0.666. The summed E-state index contributed by atoms with van der Waals surface area (Å²) in [4.78, 5) is 44.9. The lowest BCUT2D eigenvalue weighted by Gasteiger charge is -2.48. The predicted molar refractivity (Wildman–Crippen MR) is 87.0 cm³/mol. The summed E-state index contributed by atoms with van der Waals surface area (Å²) < 4.78 is 0. The number of nitrogens with one attached hydrogen (secondary N) is 1. The van der Waals surface area contributed by atoms with Gasteiger partial charge in [-0.15, -0.1) is 0 Å². The molecule has 1 fully saturated rings. The maximum atomic E-state index is 12.9. The molecule has 1 atom stereocenters. The maximum absolute atomic E-state index is 12.9. The summed E-state index contributed by atoms with van der Waals surface area (Å²) in [6, 6.07) is 7.19. The number of fused-ring (bicyclic) bond motifs is 3. The lowest BCUT2D eigenvalue weighted by molar-refractivity contribution is -0.131. The van der Waals surface area contributed by atoms with Crippen LogP contribution in [0.2, 0.25) is 0 Å². The van der Waals surface area contributed by atoms with Crippen LogP contribution in [0.25, 0.3) is 0 Å². The molecule has 0 aliphatic carbocycles. The molecule has 0 saturated carbocycles. The fourth-order valence-corrected chi connectivity index (χ4v) is 3.60. The molecule has 0 aromatic heterocycles. The van der Waals surface area contributed by atoms with Gasteiger partial charge in [-0.2, -0.15) is 0 Å².